The molecule has 1 atom stereocenters. The molecule has 140 valence electrons. The maximum absolute atomic E-state index is 13.4. The molecule has 0 aliphatic heterocycles. The van der Waals surface area contributed by atoms with E-state index in [4.69, 9.17) is 4.52 Å². The summed E-state index contributed by atoms with van der Waals surface area (Å²) < 4.78 is 43.7. The van der Waals surface area contributed by atoms with Gasteiger partial charge in [0.05, 0.1) is 11.5 Å². The molecule has 2 rings (SSSR count). The number of hydrazone groups is 1. The Hall–Kier alpha value is -1.95. The summed E-state index contributed by atoms with van der Waals surface area (Å²) >= 11 is 0. The van der Waals surface area contributed by atoms with Gasteiger partial charge in [-0.05, 0) is 44.5 Å². The normalized spacial score (nSPS) is 14.7. The number of hydrogen-bond donors (Lipinski definition) is 1. The lowest BCUT2D eigenvalue weighted by atomic mass is 10.2. The SMILES string of the molecule is CCCOP(=O)(C(C)=NNS(=O)(=O)c1ccc(C)cc1)c1ccccc1. The highest BCUT2D eigenvalue weighted by Crippen LogP contribution is 2.47. The fraction of sp³-hybridized carbons (Fsp3) is 0.278. The molecular formula is C18H23N2O4PS. The van der Waals surface area contributed by atoms with Crippen LogP contribution in [0.1, 0.15) is 25.8 Å². The zero-order valence-electron chi connectivity index (χ0n) is 15.0. The van der Waals surface area contributed by atoms with Crippen LogP contribution < -0.4 is 10.1 Å². The third-order valence-corrected chi connectivity index (χ3v) is 7.36. The molecule has 0 saturated heterocycles. The van der Waals surface area contributed by atoms with Gasteiger partial charge in [0, 0.05) is 5.30 Å². The van der Waals surface area contributed by atoms with Crippen LogP contribution in [0.15, 0.2) is 64.6 Å². The summed E-state index contributed by atoms with van der Waals surface area (Å²) in [5.74, 6) is 0. The molecule has 0 bridgehead atoms. The lowest BCUT2D eigenvalue weighted by Gasteiger charge is -2.18. The van der Waals surface area contributed by atoms with Crippen molar-refractivity contribution in [2.75, 3.05) is 6.61 Å². The van der Waals surface area contributed by atoms with Crippen LogP contribution in [-0.4, -0.2) is 20.5 Å². The van der Waals surface area contributed by atoms with Crippen molar-refractivity contribution < 1.29 is 17.5 Å². The predicted molar refractivity (Wildman–Crippen MR) is 105 cm³/mol. The first-order valence-electron chi connectivity index (χ1n) is 8.23. The molecule has 0 spiro atoms. The third-order valence-electron chi connectivity index (χ3n) is 3.66. The first-order valence-corrected chi connectivity index (χ1v) is 11.3. The molecule has 1 N–H and O–H groups in total. The Morgan fingerprint density at radius 3 is 2.31 bits per heavy atom. The number of nitrogens with one attached hydrogen (secondary N) is 1. The zero-order valence-corrected chi connectivity index (χ0v) is 16.8. The van der Waals surface area contributed by atoms with Crippen molar-refractivity contribution in [2.45, 2.75) is 32.1 Å². The van der Waals surface area contributed by atoms with Crippen LogP contribution in [0.25, 0.3) is 0 Å². The van der Waals surface area contributed by atoms with Crippen molar-refractivity contribution in [1.82, 2.24) is 4.83 Å². The van der Waals surface area contributed by atoms with Gasteiger partial charge >= 0.3 is 0 Å². The van der Waals surface area contributed by atoms with Gasteiger partial charge in [-0.2, -0.15) is 18.4 Å². The van der Waals surface area contributed by atoms with Crippen LogP contribution in [0.2, 0.25) is 0 Å². The van der Waals surface area contributed by atoms with Crippen molar-refractivity contribution in [3.63, 3.8) is 0 Å². The van der Waals surface area contributed by atoms with E-state index in [-0.39, 0.29) is 17.0 Å². The molecular weight excluding hydrogens is 371 g/mol. The van der Waals surface area contributed by atoms with Crippen LogP contribution in [0.4, 0.5) is 0 Å². The largest absolute Gasteiger partial charge is 0.321 e. The standard InChI is InChI=1S/C18H23N2O4PS/c1-4-14-24-25(21,17-8-6-5-7-9-17)16(3)19-20-26(22,23)18-12-10-15(2)11-13-18/h5-13,20H,4,14H2,1-3H3. The fourth-order valence-corrected chi connectivity index (χ4v) is 4.98. The summed E-state index contributed by atoms with van der Waals surface area (Å²) in [5.41, 5.74) is 1.04. The van der Waals surface area contributed by atoms with E-state index in [1.165, 1.54) is 19.1 Å². The van der Waals surface area contributed by atoms with Gasteiger partial charge < -0.3 is 4.52 Å². The van der Waals surface area contributed by atoms with E-state index < -0.39 is 17.4 Å². The molecule has 26 heavy (non-hydrogen) atoms. The first kappa shape index (κ1) is 20.4. The topological polar surface area (TPSA) is 84.8 Å². The van der Waals surface area contributed by atoms with Crippen LogP contribution in [0, 0.1) is 6.92 Å². The van der Waals surface area contributed by atoms with E-state index in [0.717, 1.165) is 5.56 Å². The predicted octanol–water partition coefficient (Wildman–Crippen LogP) is 3.64. The molecule has 0 aliphatic rings. The van der Waals surface area contributed by atoms with E-state index in [2.05, 4.69) is 9.93 Å². The highest BCUT2D eigenvalue weighted by atomic mass is 32.2. The van der Waals surface area contributed by atoms with Crippen molar-refractivity contribution in [3.8, 4) is 0 Å². The fourth-order valence-electron chi connectivity index (χ4n) is 2.16. The molecule has 0 fully saturated rings. The lowest BCUT2D eigenvalue weighted by molar-refractivity contribution is 0.328. The maximum Gasteiger partial charge on any atom is 0.276 e. The molecule has 8 heteroatoms. The zero-order chi connectivity index (χ0) is 19.2. The van der Waals surface area contributed by atoms with Gasteiger partial charge in [-0.3, -0.25) is 4.57 Å². The van der Waals surface area contributed by atoms with Gasteiger partial charge in [-0.15, -0.1) is 0 Å². The molecule has 6 nitrogen and oxygen atoms in total. The summed E-state index contributed by atoms with van der Waals surface area (Å²) in [6.07, 6.45) is 0.680. The minimum Gasteiger partial charge on any atom is -0.321 e. The number of sulfonamides is 1. The lowest BCUT2D eigenvalue weighted by Crippen LogP contribution is -2.22. The van der Waals surface area contributed by atoms with Gasteiger partial charge in [0.2, 0.25) is 0 Å². The monoisotopic (exact) mass is 394 g/mol. The summed E-state index contributed by atoms with van der Waals surface area (Å²) in [4.78, 5) is 2.24. The van der Waals surface area contributed by atoms with E-state index in [9.17, 15) is 13.0 Å². The van der Waals surface area contributed by atoms with Gasteiger partial charge in [0.1, 0.15) is 5.45 Å². The average Bonchev–Trinajstić information content (AvgIpc) is 2.65. The third kappa shape index (κ3) is 4.81. The van der Waals surface area contributed by atoms with Crippen molar-refractivity contribution >= 4 is 28.1 Å². The van der Waals surface area contributed by atoms with Gasteiger partial charge in [-0.1, -0.05) is 42.8 Å². The average molecular weight is 394 g/mol. The van der Waals surface area contributed by atoms with Crippen LogP contribution in [-0.2, 0) is 19.1 Å². The molecule has 1 unspecified atom stereocenters. The second kappa shape index (κ2) is 8.62. The number of benzene rings is 2. The highest BCUT2D eigenvalue weighted by molar-refractivity contribution is 7.89. The summed E-state index contributed by atoms with van der Waals surface area (Å²) in [6, 6.07) is 15.1. The van der Waals surface area contributed by atoms with E-state index in [1.54, 1.807) is 42.5 Å². The Morgan fingerprint density at radius 1 is 1.12 bits per heavy atom. The van der Waals surface area contributed by atoms with E-state index in [1.807, 2.05) is 13.8 Å². The van der Waals surface area contributed by atoms with Gasteiger partial charge in [0.25, 0.3) is 17.4 Å². The molecule has 2 aromatic carbocycles. The van der Waals surface area contributed by atoms with Crippen LogP contribution in [0.5, 0.6) is 0 Å². The second-order valence-electron chi connectivity index (χ2n) is 5.79. The summed E-state index contributed by atoms with van der Waals surface area (Å²) in [6.45, 7) is 5.56. The molecule has 0 radical (unpaired) electrons. The molecule has 0 aliphatic carbocycles. The van der Waals surface area contributed by atoms with E-state index >= 15 is 0 Å². The number of rotatable bonds is 8. The van der Waals surface area contributed by atoms with Crippen LogP contribution >= 0.6 is 7.37 Å². The summed E-state index contributed by atoms with van der Waals surface area (Å²) in [5, 5.41) is 4.36. The van der Waals surface area contributed by atoms with Crippen LogP contribution in [0.3, 0.4) is 0 Å². The number of aryl methyl sites for hydroxylation is 1. The maximum atomic E-state index is 13.4. The Balaban J connectivity index is 2.32. The Bertz CT molecular complexity index is 910. The second-order valence-corrected chi connectivity index (χ2v) is 9.97. The van der Waals surface area contributed by atoms with Crippen molar-refractivity contribution in [3.05, 3.63) is 60.2 Å². The molecule has 0 heterocycles. The molecule has 0 saturated carbocycles. The minimum absolute atomic E-state index is 0.0867. The smallest absolute Gasteiger partial charge is 0.276 e. The summed E-state index contributed by atoms with van der Waals surface area (Å²) in [7, 11) is -7.29. The molecule has 0 amide bonds. The highest BCUT2D eigenvalue weighted by Gasteiger charge is 2.30. The van der Waals surface area contributed by atoms with Gasteiger partial charge in [-0.25, -0.2) is 0 Å². The van der Waals surface area contributed by atoms with Gasteiger partial charge in [0.15, 0.2) is 0 Å². The van der Waals surface area contributed by atoms with E-state index in [0.29, 0.717) is 11.7 Å². The number of nitrogens with zero attached hydrogens (tertiary/aromatic N) is 1. The minimum atomic E-state index is -3.85. The van der Waals surface area contributed by atoms with Crippen molar-refractivity contribution in [2.24, 2.45) is 5.10 Å². The molecule has 0 aromatic heterocycles. The number of hydrogen-bond acceptors (Lipinski definition) is 5. The Kier molecular flexibility index (Phi) is 6.75. The molecule has 2 aromatic rings. The Labute approximate surface area is 154 Å². The first-order chi connectivity index (χ1) is 12.3. The quantitative estimate of drug-likeness (QED) is 0.421. The van der Waals surface area contributed by atoms with Crippen molar-refractivity contribution in [1.29, 1.82) is 0 Å². The Morgan fingerprint density at radius 2 is 1.73 bits per heavy atom.